The maximum absolute atomic E-state index is 9.11. The van der Waals surface area contributed by atoms with Crippen LogP contribution in [0.25, 0.3) is 0 Å². The third-order valence-corrected chi connectivity index (χ3v) is 0. The standard InChI is InChI=1S/Ag.Na.H2O3S2/c;;1-5(2,3)4/h;;(H2,1,2,3,4). The van der Waals surface area contributed by atoms with Crippen LogP contribution in [0, 0.1) is 0 Å². The van der Waals surface area contributed by atoms with E-state index >= 15 is 0 Å². The molecule has 0 spiro atoms. The predicted octanol–water partition coefficient (Wildman–Crippen LogP) is -0.705. The van der Waals surface area contributed by atoms with Gasteiger partial charge >= 0.3 is 0 Å². The molecule has 0 aliphatic carbocycles. The van der Waals surface area contributed by atoms with Gasteiger partial charge in [-0.25, -0.2) is 0 Å². The van der Waals surface area contributed by atoms with Gasteiger partial charge < -0.3 is 0 Å². The molecule has 0 aromatic carbocycles. The molecule has 0 unspecified atom stereocenters. The Labute approximate surface area is 84.4 Å². The molecule has 7 heteroatoms. The quantitative estimate of drug-likeness (QED) is 0.554. The van der Waals surface area contributed by atoms with E-state index in [0.29, 0.717) is 0 Å². The molecule has 44 valence electrons. The van der Waals surface area contributed by atoms with E-state index in [1.165, 1.54) is 0 Å². The minimum absolute atomic E-state index is 0. The van der Waals surface area contributed by atoms with Crippen molar-refractivity contribution in [2.24, 2.45) is 0 Å². The Morgan fingerprint density at radius 3 is 1.43 bits per heavy atom. The average Bonchev–Trinajstić information content (AvgIpc) is 0.722. The summed E-state index contributed by atoms with van der Waals surface area (Å²) in [5.74, 6) is 0. The summed E-state index contributed by atoms with van der Waals surface area (Å²) in [4.78, 5) is 0. The van der Waals surface area contributed by atoms with Crippen molar-refractivity contribution in [1.29, 1.82) is 0 Å². The molecule has 0 heterocycles. The van der Waals surface area contributed by atoms with Gasteiger partial charge in [0.25, 0.3) is 9.05 Å². The van der Waals surface area contributed by atoms with Crippen molar-refractivity contribution in [3.63, 3.8) is 0 Å². The molecule has 0 saturated heterocycles. The van der Waals surface area contributed by atoms with E-state index in [0.717, 1.165) is 0 Å². The van der Waals surface area contributed by atoms with Gasteiger partial charge in [-0.3, -0.25) is 9.11 Å². The second-order valence-corrected chi connectivity index (χ2v) is 2.65. The topological polar surface area (TPSA) is 57.5 Å². The van der Waals surface area contributed by atoms with E-state index < -0.39 is 9.05 Å². The van der Waals surface area contributed by atoms with Crippen molar-refractivity contribution >= 4 is 49.8 Å². The minimum Gasteiger partial charge on any atom is -0.285 e. The normalized spacial score (nSPS) is 8.29. The Bertz CT molecular complexity index is 96.1. The van der Waals surface area contributed by atoms with E-state index in [9.17, 15) is 0 Å². The van der Waals surface area contributed by atoms with Gasteiger partial charge in [0.2, 0.25) is 0 Å². The summed E-state index contributed by atoms with van der Waals surface area (Å²) in [6, 6.07) is 0. The van der Waals surface area contributed by atoms with Crippen molar-refractivity contribution in [2.75, 3.05) is 0 Å². The first kappa shape index (κ1) is 16.0. The monoisotopic (exact) mass is 244 g/mol. The molecule has 7 heavy (non-hydrogen) atoms. The first-order valence-corrected chi connectivity index (χ1v) is 3.10. The van der Waals surface area contributed by atoms with Crippen LogP contribution in [0.15, 0.2) is 0 Å². The van der Waals surface area contributed by atoms with Crippen molar-refractivity contribution in [1.82, 2.24) is 0 Å². The van der Waals surface area contributed by atoms with E-state index in [4.69, 9.17) is 13.3 Å². The third-order valence-electron chi connectivity index (χ3n) is 0. The molecule has 0 aliphatic rings. The van der Waals surface area contributed by atoms with Gasteiger partial charge in [-0.05, 0) is 0 Å². The van der Waals surface area contributed by atoms with Gasteiger partial charge in [0.1, 0.15) is 0 Å². The van der Waals surface area contributed by atoms with Gasteiger partial charge in [-0.1, -0.05) is 0 Å². The third kappa shape index (κ3) is 70.8. The van der Waals surface area contributed by atoms with Crippen LogP contribution in [-0.2, 0) is 42.6 Å². The zero-order valence-electron chi connectivity index (χ0n) is 3.42. The molecule has 0 saturated carbocycles. The second-order valence-electron chi connectivity index (χ2n) is 0.448. The van der Waals surface area contributed by atoms with Crippen LogP contribution < -0.4 is 0 Å². The molecular formula is H2AgNaO3S2. The zero-order valence-corrected chi connectivity index (χ0v) is 8.54. The maximum atomic E-state index is 9.11. The van der Waals surface area contributed by atoms with E-state index in [1.54, 1.807) is 0 Å². The summed E-state index contributed by atoms with van der Waals surface area (Å²) in [5.41, 5.74) is 0. The van der Waals surface area contributed by atoms with Crippen LogP contribution in [0.4, 0.5) is 0 Å². The Kier molecular flexibility index (Phi) is 14.1. The first-order valence-electron chi connectivity index (χ1n) is 0.698. The summed E-state index contributed by atoms with van der Waals surface area (Å²) in [6.45, 7) is 0. The molecule has 0 rings (SSSR count). The molecule has 0 bridgehead atoms. The summed E-state index contributed by atoms with van der Waals surface area (Å²) in [5, 5.41) is 0. The molecule has 0 amide bonds. The van der Waals surface area contributed by atoms with Crippen LogP contribution in [-0.4, -0.2) is 42.9 Å². The van der Waals surface area contributed by atoms with Crippen molar-refractivity contribution in [3.05, 3.63) is 0 Å². The second kappa shape index (κ2) is 6.15. The van der Waals surface area contributed by atoms with Crippen LogP contribution in [0.3, 0.4) is 0 Å². The van der Waals surface area contributed by atoms with Crippen molar-refractivity contribution in [3.8, 4) is 0 Å². The Morgan fingerprint density at radius 2 is 1.43 bits per heavy atom. The maximum Gasteiger partial charge on any atom is 0.263 e. The molecule has 2 radical (unpaired) electrons. The molecule has 0 aromatic rings. The largest absolute Gasteiger partial charge is 0.285 e. The predicted molar refractivity (Wildman–Crippen MR) is 26.5 cm³/mol. The number of hydrogen-bond donors (Lipinski definition) is 2. The molecule has 0 aromatic heterocycles. The summed E-state index contributed by atoms with van der Waals surface area (Å²) in [7, 11) is -3.83. The summed E-state index contributed by atoms with van der Waals surface area (Å²) >= 11 is 3.47. The first-order chi connectivity index (χ1) is 2.00. The fourth-order valence-electron chi connectivity index (χ4n) is 0. The van der Waals surface area contributed by atoms with Crippen LogP contribution in [0.5, 0.6) is 0 Å². The van der Waals surface area contributed by atoms with Crippen molar-refractivity contribution in [2.45, 2.75) is 0 Å². The number of hydrogen-bond acceptors (Lipinski definition) is 2. The van der Waals surface area contributed by atoms with E-state index in [-0.39, 0.29) is 51.9 Å². The zero-order chi connectivity index (χ0) is 4.50. The van der Waals surface area contributed by atoms with Gasteiger partial charge in [0.15, 0.2) is 0 Å². The van der Waals surface area contributed by atoms with Crippen LogP contribution >= 0.6 is 0 Å². The van der Waals surface area contributed by atoms with Gasteiger partial charge in [0, 0.05) is 63.1 Å². The minimum atomic E-state index is -3.83. The van der Waals surface area contributed by atoms with Crippen LogP contribution in [0.1, 0.15) is 0 Å². The van der Waals surface area contributed by atoms with E-state index in [2.05, 4.69) is 11.2 Å². The molecule has 2 N–H and O–H groups in total. The summed E-state index contributed by atoms with van der Waals surface area (Å²) in [6.07, 6.45) is 0. The number of rotatable bonds is 0. The van der Waals surface area contributed by atoms with Gasteiger partial charge in [0.05, 0.1) is 0 Å². The molecular weight excluding hydrogens is 243 g/mol. The molecule has 3 nitrogen and oxygen atoms in total. The van der Waals surface area contributed by atoms with Crippen molar-refractivity contribution < 1.29 is 35.7 Å². The molecule has 0 aliphatic heterocycles. The summed E-state index contributed by atoms with van der Waals surface area (Å²) < 4.78 is 24.0. The van der Waals surface area contributed by atoms with Gasteiger partial charge in [-0.15, -0.1) is 0 Å². The Morgan fingerprint density at radius 1 is 1.43 bits per heavy atom. The molecule has 0 fully saturated rings. The van der Waals surface area contributed by atoms with Crippen LogP contribution in [0.2, 0.25) is 0 Å². The SMILES string of the molecule is O=S(O)(O)=S.[Ag].[Na]. The van der Waals surface area contributed by atoms with E-state index in [1.807, 2.05) is 0 Å². The fraction of sp³-hybridized carbons (Fsp3) is 0. The fourth-order valence-corrected chi connectivity index (χ4v) is 0. The smallest absolute Gasteiger partial charge is 0.263 e. The molecule has 0 atom stereocenters. The average molecular weight is 245 g/mol. The van der Waals surface area contributed by atoms with Gasteiger partial charge in [-0.2, -0.15) is 4.21 Å². The Balaban J connectivity index is -0.0000000800. The Hall–Kier alpha value is 2.03.